The lowest BCUT2D eigenvalue weighted by atomic mass is 10.1. The zero-order valence-corrected chi connectivity index (χ0v) is 11.1. The highest BCUT2D eigenvalue weighted by molar-refractivity contribution is 5.34. The maximum Gasteiger partial charge on any atom is 0.285 e. The van der Waals surface area contributed by atoms with Gasteiger partial charge >= 0.3 is 0 Å². The standard InChI is InChI=1S/C15H14F2N2O2/c16-15(17,13-6-2-1-3-7-13)11-18-10-12-5-4-8-14(9-12)19(20)21/h1-9,18H,10-11H2. The number of nitro groups is 1. The van der Waals surface area contributed by atoms with E-state index in [0.29, 0.717) is 5.56 Å². The first kappa shape index (κ1) is 15.1. The van der Waals surface area contributed by atoms with Crippen LogP contribution in [0.2, 0.25) is 0 Å². The number of nitrogens with one attached hydrogen (secondary N) is 1. The van der Waals surface area contributed by atoms with E-state index < -0.39 is 17.4 Å². The fourth-order valence-corrected chi connectivity index (χ4v) is 1.93. The third-order valence-corrected chi connectivity index (χ3v) is 2.99. The Labute approximate surface area is 120 Å². The third-order valence-electron chi connectivity index (χ3n) is 2.99. The van der Waals surface area contributed by atoms with E-state index in [1.165, 1.54) is 30.3 Å². The molecule has 110 valence electrons. The van der Waals surface area contributed by atoms with Gasteiger partial charge in [-0.25, -0.2) is 0 Å². The van der Waals surface area contributed by atoms with Crippen molar-refractivity contribution in [1.29, 1.82) is 0 Å². The minimum Gasteiger partial charge on any atom is -0.307 e. The van der Waals surface area contributed by atoms with Crippen LogP contribution in [0, 0.1) is 10.1 Å². The van der Waals surface area contributed by atoms with Gasteiger partial charge in [-0.05, 0) is 5.56 Å². The molecule has 1 N–H and O–H groups in total. The van der Waals surface area contributed by atoms with Crippen molar-refractivity contribution in [2.45, 2.75) is 12.5 Å². The van der Waals surface area contributed by atoms with Gasteiger partial charge in [0.05, 0.1) is 11.5 Å². The van der Waals surface area contributed by atoms with Crippen molar-refractivity contribution in [3.63, 3.8) is 0 Å². The zero-order valence-electron chi connectivity index (χ0n) is 11.1. The number of hydrogen-bond donors (Lipinski definition) is 1. The van der Waals surface area contributed by atoms with Gasteiger partial charge < -0.3 is 5.32 Å². The van der Waals surface area contributed by atoms with Crippen LogP contribution in [0.15, 0.2) is 54.6 Å². The number of alkyl halides is 2. The molecular weight excluding hydrogens is 278 g/mol. The first-order chi connectivity index (χ1) is 9.99. The highest BCUT2D eigenvalue weighted by Gasteiger charge is 2.30. The quantitative estimate of drug-likeness (QED) is 0.655. The predicted molar refractivity (Wildman–Crippen MR) is 75.1 cm³/mol. The maximum atomic E-state index is 13.9. The van der Waals surface area contributed by atoms with Gasteiger partial charge in [-0.15, -0.1) is 0 Å². The van der Waals surface area contributed by atoms with Gasteiger partial charge in [0, 0.05) is 24.2 Å². The van der Waals surface area contributed by atoms with Gasteiger partial charge in [0.25, 0.3) is 11.6 Å². The van der Waals surface area contributed by atoms with Gasteiger partial charge in [-0.1, -0.05) is 42.5 Å². The summed E-state index contributed by atoms with van der Waals surface area (Å²) in [5.41, 5.74) is 0.480. The summed E-state index contributed by atoms with van der Waals surface area (Å²) in [5.74, 6) is -2.98. The van der Waals surface area contributed by atoms with E-state index in [0.717, 1.165) is 0 Å². The van der Waals surface area contributed by atoms with Crippen LogP contribution in [0.3, 0.4) is 0 Å². The van der Waals surface area contributed by atoms with Crippen molar-refractivity contribution in [2.75, 3.05) is 6.54 Å². The average Bonchev–Trinajstić information content (AvgIpc) is 2.48. The molecule has 0 spiro atoms. The molecule has 0 fully saturated rings. The second-order valence-corrected chi connectivity index (χ2v) is 4.60. The van der Waals surface area contributed by atoms with Crippen LogP contribution in [0.4, 0.5) is 14.5 Å². The van der Waals surface area contributed by atoms with Crippen molar-refractivity contribution in [3.05, 3.63) is 75.8 Å². The van der Waals surface area contributed by atoms with E-state index in [1.807, 2.05) is 0 Å². The van der Waals surface area contributed by atoms with Gasteiger partial charge in [0.15, 0.2) is 0 Å². The van der Waals surface area contributed by atoms with E-state index in [1.54, 1.807) is 24.3 Å². The van der Waals surface area contributed by atoms with Crippen LogP contribution < -0.4 is 5.32 Å². The topological polar surface area (TPSA) is 55.2 Å². The van der Waals surface area contributed by atoms with Crippen LogP contribution >= 0.6 is 0 Å². The Balaban J connectivity index is 1.95. The largest absolute Gasteiger partial charge is 0.307 e. The lowest BCUT2D eigenvalue weighted by Gasteiger charge is -2.17. The van der Waals surface area contributed by atoms with Gasteiger partial charge in [-0.3, -0.25) is 10.1 Å². The molecule has 0 saturated carbocycles. The molecule has 4 nitrogen and oxygen atoms in total. The first-order valence-corrected chi connectivity index (χ1v) is 6.36. The van der Waals surface area contributed by atoms with Crippen molar-refractivity contribution in [3.8, 4) is 0 Å². The second-order valence-electron chi connectivity index (χ2n) is 4.60. The van der Waals surface area contributed by atoms with Crippen molar-refractivity contribution >= 4 is 5.69 Å². The highest BCUT2D eigenvalue weighted by Crippen LogP contribution is 2.26. The fourth-order valence-electron chi connectivity index (χ4n) is 1.93. The minimum atomic E-state index is -2.98. The third kappa shape index (κ3) is 4.06. The molecular formula is C15H14F2N2O2. The number of nitro benzene ring substituents is 1. The SMILES string of the molecule is O=[N+]([O-])c1cccc(CNCC(F)(F)c2ccccc2)c1. The van der Waals surface area contributed by atoms with Crippen LogP contribution in [0.25, 0.3) is 0 Å². The molecule has 2 aromatic rings. The molecule has 0 radical (unpaired) electrons. The zero-order chi connectivity index (χ0) is 15.3. The van der Waals surface area contributed by atoms with Crippen LogP contribution in [-0.2, 0) is 12.5 Å². The fraction of sp³-hybridized carbons (Fsp3) is 0.200. The van der Waals surface area contributed by atoms with Gasteiger partial charge in [0.2, 0.25) is 0 Å². The molecule has 0 unspecified atom stereocenters. The molecule has 6 heteroatoms. The smallest absolute Gasteiger partial charge is 0.285 e. The molecule has 0 bridgehead atoms. The monoisotopic (exact) mass is 292 g/mol. The summed E-state index contributed by atoms with van der Waals surface area (Å²) >= 11 is 0. The Kier molecular flexibility index (Phi) is 4.59. The number of benzene rings is 2. The predicted octanol–water partition coefficient (Wildman–Crippen LogP) is 3.48. The summed E-state index contributed by atoms with van der Waals surface area (Å²) in [6.45, 7) is -0.385. The Morgan fingerprint density at radius 1 is 1.10 bits per heavy atom. The minimum absolute atomic E-state index is 0.0517. The van der Waals surface area contributed by atoms with Crippen LogP contribution in [-0.4, -0.2) is 11.5 Å². The number of rotatable bonds is 6. The van der Waals surface area contributed by atoms with E-state index >= 15 is 0 Å². The van der Waals surface area contributed by atoms with Crippen LogP contribution in [0.1, 0.15) is 11.1 Å². The summed E-state index contributed by atoms with van der Waals surface area (Å²) < 4.78 is 27.8. The second kappa shape index (κ2) is 6.41. The Morgan fingerprint density at radius 2 is 1.81 bits per heavy atom. The number of hydrogen-bond acceptors (Lipinski definition) is 3. The molecule has 0 atom stereocenters. The van der Waals surface area contributed by atoms with Gasteiger partial charge in [-0.2, -0.15) is 8.78 Å². The molecule has 0 aliphatic heterocycles. The summed E-state index contributed by atoms with van der Waals surface area (Å²) in [7, 11) is 0. The Morgan fingerprint density at radius 3 is 2.48 bits per heavy atom. The van der Waals surface area contributed by atoms with E-state index in [4.69, 9.17) is 0 Å². The summed E-state index contributed by atoms with van der Waals surface area (Å²) in [5, 5.41) is 13.3. The molecule has 2 rings (SSSR count). The lowest BCUT2D eigenvalue weighted by Crippen LogP contribution is -2.30. The van der Waals surface area contributed by atoms with E-state index in [9.17, 15) is 18.9 Å². The molecule has 0 amide bonds. The highest BCUT2D eigenvalue weighted by atomic mass is 19.3. The van der Waals surface area contributed by atoms with E-state index in [2.05, 4.69) is 5.32 Å². The van der Waals surface area contributed by atoms with E-state index in [-0.39, 0.29) is 17.8 Å². The molecule has 0 aliphatic carbocycles. The Bertz CT molecular complexity index is 618. The average molecular weight is 292 g/mol. The number of halogens is 2. The molecule has 21 heavy (non-hydrogen) atoms. The van der Waals surface area contributed by atoms with Crippen LogP contribution in [0.5, 0.6) is 0 Å². The molecule has 0 heterocycles. The summed E-state index contributed by atoms with van der Waals surface area (Å²) in [6.07, 6.45) is 0. The van der Waals surface area contributed by atoms with Crippen molar-refractivity contribution in [1.82, 2.24) is 5.32 Å². The summed E-state index contributed by atoms with van der Waals surface area (Å²) in [4.78, 5) is 10.1. The van der Waals surface area contributed by atoms with Crippen molar-refractivity contribution in [2.24, 2.45) is 0 Å². The molecule has 2 aromatic carbocycles. The number of nitrogens with zero attached hydrogens (tertiary/aromatic N) is 1. The van der Waals surface area contributed by atoms with Gasteiger partial charge in [0.1, 0.15) is 0 Å². The molecule has 0 aliphatic rings. The summed E-state index contributed by atoms with van der Waals surface area (Å²) in [6, 6.07) is 13.5. The normalized spacial score (nSPS) is 11.3. The molecule has 0 saturated heterocycles. The first-order valence-electron chi connectivity index (χ1n) is 6.36. The maximum absolute atomic E-state index is 13.9. The molecule has 0 aromatic heterocycles. The lowest BCUT2D eigenvalue weighted by molar-refractivity contribution is -0.384. The Hall–Kier alpha value is -2.34. The van der Waals surface area contributed by atoms with Crippen molar-refractivity contribution < 1.29 is 13.7 Å². The number of non-ortho nitro benzene ring substituents is 1.